The molecule has 0 fully saturated rings. The van der Waals surface area contributed by atoms with E-state index in [1.807, 2.05) is 30.3 Å². The molecule has 2 nitrogen and oxygen atoms in total. The van der Waals surface area contributed by atoms with Crippen LogP contribution in [0.5, 0.6) is 0 Å². The summed E-state index contributed by atoms with van der Waals surface area (Å²) in [5.74, 6) is 0.434. The van der Waals surface area contributed by atoms with Gasteiger partial charge in [0.2, 0.25) is 0 Å². The number of hydrogen-bond donors (Lipinski definition) is 1. The fourth-order valence-electron chi connectivity index (χ4n) is 1.50. The van der Waals surface area contributed by atoms with Crippen molar-refractivity contribution < 1.29 is 4.21 Å². The van der Waals surface area contributed by atoms with Crippen LogP contribution in [0.25, 0.3) is 0 Å². The van der Waals surface area contributed by atoms with Crippen LogP contribution < -0.4 is 5.73 Å². The minimum absolute atomic E-state index is 0.434. The average molecular weight is 345 g/mol. The zero-order valence-electron chi connectivity index (χ0n) is 9.40. The first kappa shape index (κ1) is 13.6. The quantitative estimate of drug-likeness (QED) is 0.855. The summed E-state index contributed by atoms with van der Waals surface area (Å²) in [6.45, 7) is 0. The number of hydrogen-bond acceptors (Lipinski definition) is 2. The molecular formula is C13H11BrClNOS. The summed E-state index contributed by atoms with van der Waals surface area (Å²) < 4.78 is 13.1. The second-order valence-electron chi connectivity index (χ2n) is 3.80. The molecule has 0 aliphatic rings. The number of nitrogen functional groups attached to an aromatic ring is 1. The van der Waals surface area contributed by atoms with Gasteiger partial charge in [0.15, 0.2) is 0 Å². The van der Waals surface area contributed by atoms with E-state index in [-0.39, 0.29) is 0 Å². The van der Waals surface area contributed by atoms with Crippen LogP contribution >= 0.6 is 27.5 Å². The van der Waals surface area contributed by atoms with Crippen molar-refractivity contribution in [2.45, 2.75) is 10.6 Å². The van der Waals surface area contributed by atoms with Crippen LogP contribution in [0.4, 0.5) is 5.69 Å². The summed E-state index contributed by atoms with van der Waals surface area (Å²) in [4.78, 5) is 0.798. The fourth-order valence-corrected chi connectivity index (χ4v) is 2.97. The highest BCUT2D eigenvalue weighted by molar-refractivity contribution is 9.10. The largest absolute Gasteiger partial charge is 0.398 e. The normalized spacial score (nSPS) is 12.3. The highest BCUT2D eigenvalue weighted by atomic mass is 79.9. The molecule has 0 heterocycles. The minimum atomic E-state index is -1.08. The van der Waals surface area contributed by atoms with E-state index in [9.17, 15) is 4.21 Å². The number of rotatable bonds is 3. The maximum atomic E-state index is 12.1. The summed E-state index contributed by atoms with van der Waals surface area (Å²) in [7, 11) is -1.08. The molecule has 5 heteroatoms. The molecule has 0 aliphatic heterocycles. The number of anilines is 1. The topological polar surface area (TPSA) is 43.1 Å². The molecule has 0 spiro atoms. The van der Waals surface area contributed by atoms with Gasteiger partial charge in [-0.3, -0.25) is 4.21 Å². The van der Waals surface area contributed by atoms with Gasteiger partial charge in [0.05, 0.1) is 27.3 Å². The first-order chi connectivity index (χ1) is 8.56. The van der Waals surface area contributed by atoms with Crippen LogP contribution in [-0.2, 0) is 16.6 Å². The summed E-state index contributed by atoms with van der Waals surface area (Å²) >= 11 is 9.19. The number of benzene rings is 2. The molecule has 1 unspecified atom stereocenters. The van der Waals surface area contributed by atoms with Crippen molar-refractivity contribution in [3.05, 3.63) is 57.5 Å². The maximum absolute atomic E-state index is 12.1. The molecule has 2 aromatic carbocycles. The highest BCUT2D eigenvalue weighted by Gasteiger charge is 2.06. The maximum Gasteiger partial charge on any atom is 0.0635 e. The minimum Gasteiger partial charge on any atom is -0.398 e. The van der Waals surface area contributed by atoms with Gasteiger partial charge in [0.25, 0.3) is 0 Å². The molecule has 0 aliphatic carbocycles. The Bertz CT molecular complexity index is 586. The van der Waals surface area contributed by atoms with Crippen LogP contribution in [0.3, 0.4) is 0 Å². The Balaban J connectivity index is 2.16. The third-order valence-electron chi connectivity index (χ3n) is 2.43. The second-order valence-corrected chi connectivity index (χ2v) is 6.57. The van der Waals surface area contributed by atoms with E-state index < -0.39 is 10.8 Å². The van der Waals surface area contributed by atoms with Gasteiger partial charge >= 0.3 is 0 Å². The molecule has 0 radical (unpaired) electrons. The average Bonchev–Trinajstić information content (AvgIpc) is 2.34. The van der Waals surface area contributed by atoms with E-state index in [0.29, 0.717) is 16.5 Å². The third kappa shape index (κ3) is 3.34. The lowest BCUT2D eigenvalue weighted by Gasteiger charge is -2.05. The van der Waals surface area contributed by atoms with Gasteiger partial charge in [-0.2, -0.15) is 0 Å². The van der Waals surface area contributed by atoms with E-state index in [2.05, 4.69) is 15.9 Å². The molecule has 0 amide bonds. The molecule has 0 saturated heterocycles. The molecule has 2 rings (SSSR count). The van der Waals surface area contributed by atoms with E-state index in [4.69, 9.17) is 17.3 Å². The van der Waals surface area contributed by atoms with Crippen molar-refractivity contribution in [3.8, 4) is 0 Å². The van der Waals surface area contributed by atoms with Crippen LogP contribution in [0.2, 0.25) is 5.02 Å². The number of halogens is 2. The Morgan fingerprint density at radius 2 is 1.83 bits per heavy atom. The highest BCUT2D eigenvalue weighted by Crippen LogP contribution is 2.22. The Morgan fingerprint density at radius 3 is 2.44 bits per heavy atom. The summed E-state index contributed by atoms with van der Waals surface area (Å²) in [5, 5.41) is 0.521. The van der Waals surface area contributed by atoms with Gasteiger partial charge in [-0.25, -0.2) is 0 Å². The van der Waals surface area contributed by atoms with E-state index in [1.165, 1.54) is 0 Å². The van der Waals surface area contributed by atoms with E-state index in [0.717, 1.165) is 14.9 Å². The van der Waals surface area contributed by atoms with E-state index in [1.54, 1.807) is 12.1 Å². The van der Waals surface area contributed by atoms with Crippen LogP contribution in [0, 0.1) is 0 Å². The van der Waals surface area contributed by atoms with Gasteiger partial charge in [-0.15, -0.1) is 0 Å². The van der Waals surface area contributed by atoms with Crippen LogP contribution in [0.15, 0.2) is 51.8 Å². The second kappa shape index (κ2) is 5.87. The first-order valence-electron chi connectivity index (χ1n) is 5.24. The Kier molecular flexibility index (Phi) is 4.43. The molecule has 0 bridgehead atoms. The zero-order chi connectivity index (χ0) is 13.1. The van der Waals surface area contributed by atoms with Crippen LogP contribution in [0.1, 0.15) is 5.56 Å². The van der Waals surface area contributed by atoms with Crippen molar-refractivity contribution in [1.29, 1.82) is 0 Å². The summed E-state index contributed by atoms with van der Waals surface area (Å²) in [6, 6.07) is 12.8. The van der Waals surface area contributed by atoms with Crippen molar-refractivity contribution >= 4 is 44.0 Å². The predicted octanol–water partition coefficient (Wildman–Crippen LogP) is 3.99. The molecule has 0 aromatic heterocycles. The first-order valence-corrected chi connectivity index (χ1v) is 7.73. The Morgan fingerprint density at radius 1 is 1.17 bits per heavy atom. The van der Waals surface area contributed by atoms with E-state index >= 15 is 0 Å². The fraction of sp³-hybridized carbons (Fsp3) is 0.0769. The SMILES string of the molecule is Nc1cc(CS(=O)c2ccc(Br)cc2)ccc1Cl. The molecule has 0 saturated carbocycles. The van der Waals surface area contributed by atoms with Gasteiger partial charge in [-0.1, -0.05) is 33.6 Å². The monoisotopic (exact) mass is 343 g/mol. The third-order valence-corrected chi connectivity index (χ3v) is 4.70. The zero-order valence-corrected chi connectivity index (χ0v) is 12.6. The molecular weight excluding hydrogens is 334 g/mol. The lowest BCUT2D eigenvalue weighted by atomic mass is 10.2. The summed E-state index contributed by atoms with van der Waals surface area (Å²) in [6.07, 6.45) is 0. The smallest absolute Gasteiger partial charge is 0.0635 e. The van der Waals surface area contributed by atoms with Crippen molar-refractivity contribution in [2.24, 2.45) is 0 Å². The van der Waals surface area contributed by atoms with Crippen LogP contribution in [-0.4, -0.2) is 4.21 Å². The van der Waals surface area contributed by atoms with Gasteiger partial charge in [0.1, 0.15) is 0 Å². The standard InChI is InChI=1S/C13H11BrClNOS/c14-10-2-4-11(5-3-10)18(17)8-9-1-6-12(15)13(16)7-9/h1-7H,8,16H2. The van der Waals surface area contributed by atoms with Crippen molar-refractivity contribution in [1.82, 2.24) is 0 Å². The van der Waals surface area contributed by atoms with Crippen molar-refractivity contribution in [3.63, 3.8) is 0 Å². The lowest BCUT2D eigenvalue weighted by molar-refractivity contribution is 0.682. The summed E-state index contributed by atoms with van der Waals surface area (Å²) in [5.41, 5.74) is 7.15. The lowest BCUT2D eigenvalue weighted by Crippen LogP contribution is -1.97. The van der Waals surface area contributed by atoms with Gasteiger partial charge in [0, 0.05) is 9.37 Å². The van der Waals surface area contributed by atoms with Crippen molar-refractivity contribution in [2.75, 3.05) is 5.73 Å². The molecule has 1 atom stereocenters. The Labute approximate surface area is 122 Å². The predicted molar refractivity (Wildman–Crippen MR) is 80.1 cm³/mol. The van der Waals surface area contributed by atoms with Gasteiger partial charge < -0.3 is 5.73 Å². The van der Waals surface area contributed by atoms with Gasteiger partial charge in [-0.05, 0) is 42.0 Å². The number of nitrogens with two attached hydrogens (primary N) is 1. The molecule has 18 heavy (non-hydrogen) atoms. The molecule has 2 aromatic rings. The Hall–Kier alpha value is -0.840. The molecule has 94 valence electrons. The molecule has 2 N–H and O–H groups in total.